The van der Waals surface area contributed by atoms with Gasteiger partial charge in [-0.3, -0.25) is 4.79 Å². The van der Waals surface area contributed by atoms with Crippen molar-refractivity contribution in [2.45, 2.75) is 32.7 Å². The summed E-state index contributed by atoms with van der Waals surface area (Å²) < 4.78 is 0. The summed E-state index contributed by atoms with van der Waals surface area (Å²) in [5.41, 5.74) is 3.14. The van der Waals surface area contributed by atoms with Crippen LogP contribution < -0.4 is 10.6 Å². The highest BCUT2D eigenvalue weighted by atomic mass is 35.5. The zero-order valence-corrected chi connectivity index (χ0v) is 16.9. The van der Waals surface area contributed by atoms with E-state index in [-0.39, 0.29) is 11.3 Å². The molecule has 2 N–H and O–H groups in total. The molecule has 1 aromatic heterocycles. The molecule has 3 aromatic rings. The molecular formula is C22H23ClN4O. The zero-order chi connectivity index (χ0) is 20.1. The lowest BCUT2D eigenvalue weighted by Gasteiger charge is -2.23. The maximum Gasteiger partial charge on any atom is 0.258 e. The molecule has 5 nitrogen and oxygen atoms in total. The maximum absolute atomic E-state index is 12.6. The molecule has 0 saturated heterocycles. The van der Waals surface area contributed by atoms with Crippen molar-refractivity contribution in [3.05, 3.63) is 82.6 Å². The summed E-state index contributed by atoms with van der Waals surface area (Å²) in [4.78, 5) is 21.1. The Bertz CT molecular complexity index is 965. The number of rotatable bonds is 5. The second-order valence-corrected chi connectivity index (χ2v) is 7.90. The minimum Gasteiger partial charge on any atom is -0.350 e. The number of anilines is 2. The quantitative estimate of drug-likeness (QED) is 0.616. The van der Waals surface area contributed by atoms with Crippen LogP contribution in [0.2, 0.25) is 5.02 Å². The van der Waals surface area contributed by atoms with Crippen LogP contribution in [-0.4, -0.2) is 15.9 Å². The Kier molecular flexibility index (Phi) is 5.95. The summed E-state index contributed by atoms with van der Waals surface area (Å²) >= 11 is 6.15. The number of halogens is 1. The Morgan fingerprint density at radius 3 is 2.32 bits per heavy atom. The first-order valence-electron chi connectivity index (χ1n) is 9.05. The first-order chi connectivity index (χ1) is 13.3. The number of para-hydroxylation sites is 1. The lowest BCUT2D eigenvalue weighted by atomic mass is 9.86. The van der Waals surface area contributed by atoms with Gasteiger partial charge in [0.2, 0.25) is 5.95 Å². The van der Waals surface area contributed by atoms with Crippen molar-refractivity contribution in [2.75, 3.05) is 10.6 Å². The average Bonchev–Trinajstić information content (AvgIpc) is 2.67. The van der Waals surface area contributed by atoms with Gasteiger partial charge in [-0.05, 0) is 28.7 Å². The van der Waals surface area contributed by atoms with E-state index < -0.39 is 0 Å². The van der Waals surface area contributed by atoms with Gasteiger partial charge in [-0.1, -0.05) is 68.8 Å². The van der Waals surface area contributed by atoms with Crippen LogP contribution in [0.15, 0.2) is 60.9 Å². The lowest BCUT2D eigenvalue weighted by Crippen LogP contribution is -2.19. The van der Waals surface area contributed by atoms with Gasteiger partial charge in [0.1, 0.15) is 0 Å². The number of aromatic nitrogens is 2. The molecular weight excluding hydrogens is 372 g/mol. The first-order valence-corrected chi connectivity index (χ1v) is 9.42. The second-order valence-electron chi connectivity index (χ2n) is 7.49. The number of benzene rings is 2. The number of carbonyl (C=O) groups is 1. The first kappa shape index (κ1) is 19.8. The molecule has 2 aromatic carbocycles. The maximum atomic E-state index is 12.6. The molecule has 6 heteroatoms. The normalized spacial score (nSPS) is 11.1. The zero-order valence-electron chi connectivity index (χ0n) is 16.2. The highest BCUT2D eigenvalue weighted by Crippen LogP contribution is 2.29. The van der Waals surface area contributed by atoms with Crippen molar-refractivity contribution < 1.29 is 4.79 Å². The van der Waals surface area contributed by atoms with Crippen molar-refractivity contribution in [2.24, 2.45) is 0 Å². The molecule has 0 fully saturated rings. The van der Waals surface area contributed by atoms with Crippen molar-refractivity contribution in [1.29, 1.82) is 0 Å². The van der Waals surface area contributed by atoms with Gasteiger partial charge in [-0.2, -0.15) is 0 Å². The van der Waals surface area contributed by atoms with Gasteiger partial charge in [-0.25, -0.2) is 9.97 Å². The van der Waals surface area contributed by atoms with Crippen molar-refractivity contribution >= 4 is 29.1 Å². The largest absolute Gasteiger partial charge is 0.350 e. The van der Waals surface area contributed by atoms with E-state index in [0.29, 0.717) is 23.1 Å². The van der Waals surface area contributed by atoms with Gasteiger partial charge in [0.25, 0.3) is 5.91 Å². The highest BCUT2D eigenvalue weighted by molar-refractivity contribution is 6.31. The van der Waals surface area contributed by atoms with Crippen molar-refractivity contribution in [3.8, 4) is 0 Å². The van der Waals surface area contributed by atoms with E-state index in [1.807, 2.05) is 48.5 Å². The van der Waals surface area contributed by atoms with Crippen LogP contribution in [0.5, 0.6) is 0 Å². The number of nitrogens with zero attached hydrogens (tertiary/aromatic N) is 2. The molecule has 1 amide bonds. The van der Waals surface area contributed by atoms with E-state index >= 15 is 0 Å². The molecule has 144 valence electrons. The van der Waals surface area contributed by atoms with Crippen LogP contribution in [-0.2, 0) is 12.0 Å². The summed E-state index contributed by atoms with van der Waals surface area (Å²) in [6.45, 7) is 6.84. The topological polar surface area (TPSA) is 66.9 Å². The SMILES string of the molecule is CC(C)(C)c1ccccc1NC(=O)c1cnc(NCc2ccccc2Cl)nc1. The van der Waals surface area contributed by atoms with E-state index in [2.05, 4.69) is 41.4 Å². The third kappa shape index (κ3) is 4.87. The van der Waals surface area contributed by atoms with Gasteiger partial charge < -0.3 is 10.6 Å². The van der Waals surface area contributed by atoms with E-state index in [9.17, 15) is 4.79 Å². The number of hydrogen-bond donors (Lipinski definition) is 2. The fourth-order valence-electron chi connectivity index (χ4n) is 2.79. The molecule has 3 rings (SSSR count). The average molecular weight is 395 g/mol. The fraction of sp³-hybridized carbons (Fsp3) is 0.227. The standard InChI is InChI=1S/C22H23ClN4O/c1-22(2,3)17-9-5-7-11-19(17)27-20(28)16-13-25-21(26-14-16)24-12-15-8-4-6-10-18(15)23/h4-11,13-14H,12H2,1-3H3,(H,27,28)(H,24,25,26). The smallest absolute Gasteiger partial charge is 0.258 e. The highest BCUT2D eigenvalue weighted by Gasteiger charge is 2.19. The van der Waals surface area contributed by atoms with Gasteiger partial charge in [-0.15, -0.1) is 0 Å². The number of nitrogens with one attached hydrogen (secondary N) is 2. The molecule has 0 aliphatic heterocycles. The fourth-order valence-corrected chi connectivity index (χ4v) is 3.00. The second kappa shape index (κ2) is 8.40. The van der Waals surface area contributed by atoms with E-state index in [1.165, 1.54) is 12.4 Å². The monoisotopic (exact) mass is 394 g/mol. The van der Waals surface area contributed by atoms with E-state index in [1.54, 1.807) is 0 Å². The Morgan fingerprint density at radius 2 is 1.64 bits per heavy atom. The summed E-state index contributed by atoms with van der Waals surface area (Å²) in [6.07, 6.45) is 3.02. The third-order valence-corrected chi connectivity index (χ3v) is 4.66. The summed E-state index contributed by atoms with van der Waals surface area (Å²) in [7, 11) is 0. The summed E-state index contributed by atoms with van der Waals surface area (Å²) in [5, 5.41) is 6.75. The molecule has 0 radical (unpaired) electrons. The van der Waals surface area contributed by atoms with E-state index in [0.717, 1.165) is 16.8 Å². The summed E-state index contributed by atoms with van der Waals surface area (Å²) in [5.74, 6) is 0.195. The molecule has 0 aliphatic rings. The Labute approximate surface area is 170 Å². The van der Waals surface area contributed by atoms with Crippen LogP contribution in [0.1, 0.15) is 42.3 Å². The van der Waals surface area contributed by atoms with Gasteiger partial charge in [0.05, 0.1) is 5.56 Å². The third-order valence-electron chi connectivity index (χ3n) is 4.29. The number of hydrogen-bond acceptors (Lipinski definition) is 4. The molecule has 0 unspecified atom stereocenters. The predicted octanol–water partition coefficient (Wildman–Crippen LogP) is 5.29. The van der Waals surface area contributed by atoms with Crippen LogP contribution in [0.25, 0.3) is 0 Å². The molecule has 0 spiro atoms. The van der Waals surface area contributed by atoms with Gasteiger partial charge >= 0.3 is 0 Å². The Balaban J connectivity index is 1.67. The molecule has 0 atom stereocenters. The van der Waals surface area contributed by atoms with Gasteiger partial charge in [0, 0.05) is 29.6 Å². The predicted molar refractivity (Wildman–Crippen MR) is 114 cm³/mol. The molecule has 0 saturated carbocycles. The minimum absolute atomic E-state index is 0.0765. The molecule has 0 aliphatic carbocycles. The van der Waals surface area contributed by atoms with Crippen LogP contribution in [0, 0.1) is 0 Å². The molecule has 28 heavy (non-hydrogen) atoms. The summed E-state index contributed by atoms with van der Waals surface area (Å²) in [6, 6.07) is 15.4. The molecule has 1 heterocycles. The van der Waals surface area contributed by atoms with E-state index in [4.69, 9.17) is 11.6 Å². The van der Waals surface area contributed by atoms with Crippen molar-refractivity contribution in [1.82, 2.24) is 9.97 Å². The lowest BCUT2D eigenvalue weighted by molar-refractivity contribution is 0.102. The van der Waals surface area contributed by atoms with Crippen molar-refractivity contribution in [3.63, 3.8) is 0 Å². The van der Waals surface area contributed by atoms with Crippen LogP contribution in [0.3, 0.4) is 0 Å². The van der Waals surface area contributed by atoms with Crippen LogP contribution in [0.4, 0.5) is 11.6 Å². The Hall–Kier alpha value is -2.92. The number of carbonyl (C=O) groups excluding carboxylic acids is 1. The molecule has 0 bridgehead atoms. The minimum atomic E-state index is -0.241. The van der Waals surface area contributed by atoms with Gasteiger partial charge in [0.15, 0.2) is 0 Å². The number of amides is 1. The van der Waals surface area contributed by atoms with Crippen LogP contribution >= 0.6 is 11.6 Å². The Morgan fingerprint density at radius 1 is 1.00 bits per heavy atom.